The molecule has 0 N–H and O–H groups in total. The summed E-state index contributed by atoms with van der Waals surface area (Å²) < 4.78 is 29.5. The molecule has 6 nitrogen and oxygen atoms in total. The maximum absolute atomic E-state index is 14.0. The average Bonchev–Trinajstić information content (AvgIpc) is 3.44. The van der Waals surface area contributed by atoms with E-state index in [1.807, 2.05) is 60.7 Å². The second kappa shape index (κ2) is 11.2. The fourth-order valence-electron chi connectivity index (χ4n) is 5.28. The Hall–Kier alpha value is -3.85. The van der Waals surface area contributed by atoms with Crippen molar-refractivity contribution in [1.82, 2.24) is 9.29 Å². The summed E-state index contributed by atoms with van der Waals surface area (Å²) in [4.78, 5) is 20.8. The van der Waals surface area contributed by atoms with Gasteiger partial charge in [0.25, 0.3) is 5.91 Å². The number of rotatable bonds is 7. The molecule has 0 aliphatic carbocycles. The Bertz CT molecular complexity index is 1810. The Balaban J connectivity index is 1.31. The van der Waals surface area contributed by atoms with Crippen LogP contribution in [0.5, 0.6) is 0 Å². The largest absolute Gasteiger partial charge is 0.279 e. The van der Waals surface area contributed by atoms with Crippen LogP contribution in [0.4, 0.5) is 5.13 Å². The highest BCUT2D eigenvalue weighted by Crippen LogP contribution is 2.35. The molecule has 1 aliphatic heterocycles. The van der Waals surface area contributed by atoms with Gasteiger partial charge in [0.15, 0.2) is 5.13 Å². The molecule has 1 aromatic heterocycles. The Morgan fingerprint density at radius 2 is 1.61 bits per heavy atom. The van der Waals surface area contributed by atoms with Crippen molar-refractivity contribution in [3.05, 3.63) is 125 Å². The van der Waals surface area contributed by atoms with E-state index in [0.717, 1.165) is 26.9 Å². The van der Waals surface area contributed by atoms with E-state index < -0.39 is 10.0 Å². The molecule has 0 saturated carbocycles. The average molecular weight is 582 g/mol. The molecule has 0 unspecified atom stereocenters. The number of nitrogens with zero attached hydrogens (tertiary/aromatic N) is 3. The summed E-state index contributed by atoms with van der Waals surface area (Å²) in [5.41, 5.74) is 5.67. The van der Waals surface area contributed by atoms with Crippen LogP contribution in [0.15, 0.2) is 102 Å². The van der Waals surface area contributed by atoms with E-state index in [4.69, 9.17) is 4.98 Å². The number of hydrogen-bond donors (Lipinski definition) is 0. The molecule has 0 fully saturated rings. The standard InChI is InChI=1S/C33H31N3O3S2/c1-23(2)29-13-8-14-30-31(29)34-33(40-30)36(21-24-9-4-3-5-10-24)32(37)26-15-17-28(18-16-26)41(38,39)35-20-19-25-11-6-7-12-27(25)22-35/h3-18,23H,19-22H2,1-2H3. The van der Waals surface area contributed by atoms with Crippen LogP contribution in [0.25, 0.3) is 10.2 Å². The summed E-state index contributed by atoms with van der Waals surface area (Å²) in [6.07, 6.45) is 0.682. The Kier molecular flexibility index (Phi) is 7.46. The number of anilines is 1. The van der Waals surface area contributed by atoms with Crippen molar-refractivity contribution >= 4 is 42.6 Å². The SMILES string of the molecule is CC(C)c1cccc2sc(N(Cc3ccccc3)C(=O)c3ccc(S(=O)(=O)N4CCc5ccccc5C4)cc3)nc12. The van der Waals surface area contributed by atoms with Crippen LogP contribution in [-0.2, 0) is 29.5 Å². The zero-order chi connectivity index (χ0) is 28.6. The summed E-state index contributed by atoms with van der Waals surface area (Å²) in [7, 11) is -3.70. The lowest BCUT2D eigenvalue weighted by atomic mass is 10.0. The van der Waals surface area contributed by atoms with Gasteiger partial charge in [0.2, 0.25) is 10.0 Å². The minimum atomic E-state index is -3.70. The van der Waals surface area contributed by atoms with Gasteiger partial charge in [-0.1, -0.05) is 91.9 Å². The molecule has 8 heteroatoms. The highest BCUT2D eigenvalue weighted by atomic mass is 32.2. The third-order valence-corrected chi connectivity index (χ3v) is 10.5. The molecule has 0 atom stereocenters. The number of thiazole rings is 1. The third-order valence-electron chi connectivity index (χ3n) is 7.56. The second-order valence-electron chi connectivity index (χ2n) is 10.6. The number of sulfonamides is 1. The van der Waals surface area contributed by atoms with Gasteiger partial charge in [-0.25, -0.2) is 13.4 Å². The first-order chi connectivity index (χ1) is 19.8. The van der Waals surface area contributed by atoms with Crippen LogP contribution in [0.2, 0.25) is 0 Å². The third kappa shape index (κ3) is 5.43. The van der Waals surface area contributed by atoms with Crippen LogP contribution in [-0.4, -0.2) is 30.2 Å². The van der Waals surface area contributed by atoms with Crippen molar-refractivity contribution in [3.63, 3.8) is 0 Å². The fourth-order valence-corrected chi connectivity index (χ4v) is 7.70. The highest BCUT2D eigenvalue weighted by Gasteiger charge is 2.29. The van der Waals surface area contributed by atoms with E-state index in [0.29, 0.717) is 42.7 Å². The number of carbonyl (C=O) groups is 1. The van der Waals surface area contributed by atoms with Crippen molar-refractivity contribution in [3.8, 4) is 0 Å². The molecule has 0 radical (unpaired) electrons. The van der Waals surface area contributed by atoms with Crippen molar-refractivity contribution < 1.29 is 13.2 Å². The molecule has 0 saturated heterocycles. The molecule has 208 valence electrons. The second-order valence-corrected chi connectivity index (χ2v) is 13.6. The fraction of sp³-hybridized carbons (Fsp3) is 0.212. The van der Waals surface area contributed by atoms with E-state index in [-0.39, 0.29) is 10.8 Å². The van der Waals surface area contributed by atoms with Gasteiger partial charge < -0.3 is 0 Å². The van der Waals surface area contributed by atoms with Gasteiger partial charge in [0, 0.05) is 18.7 Å². The van der Waals surface area contributed by atoms with E-state index in [1.165, 1.54) is 21.2 Å². The summed E-state index contributed by atoms with van der Waals surface area (Å²) in [6.45, 7) is 5.41. The van der Waals surface area contributed by atoms with Crippen LogP contribution >= 0.6 is 11.3 Å². The number of fused-ring (bicyclic) bond motifs is 2. The van der Waals surface area contributed by atoms with Gasteiger partial charge in [-0.05, 0) is 64.9 Å². The lowest BCUT2D eigenvalue weighted by Gasteiger charge is -2.28. The van der Waals surface area contributed by atoms with Crippen LogP contribution in [0.3, 0.4) is 0 Å². The number of carbonyl (C=O) groups excluding carboxylic acids is 1. The van der Waals surface area contributed by atoms with Gasteiger partial charge in [-0.2, -0.15) is 4.31 Å². The Labute approximate surface area is 245 Å². The smallest absolute Gasteiger partial charge is 0.260 e. The summed E-state index contributed by atoms with van der Waals surface area (Å²) in [5.74, 6) is 0.0738. The first-order valence-corrected chi connectivity index (χ1v) is 16.0. The molecule has 0 spiro atoms. The molecule has 1 amide bonds. The number of benzene rings is 4. The van der Waals surface area contributed by atoms with Gasteiger partial charge in [0.1, 0.15) is 0 Å². The van der Waals surface area contributed by atoms with Crippen molar-refractivity contribution in [2.45, 2.75) is 44.2 Å². The number of para-hydroxylation sites is 1. The summed E-state index contributed by atoms with van der Waals surface area (Å²) in [6, 6.07) is 30.2. The molecular weight excluding hydrogens is 551 g/mol. The van der Waals surface area contributed by atoms with E-state index in [2.05, 4.69) is 26.0 Å². The van der Waals surface area contributed by atoms with Gasteiger partial charge in [-0.15, -0.1) is 0 Å². The van der Waals surface area contributed by atoms with Crippen molar-refractivity contribution in [1.29, 1.82) is 0 Å². The summed E-state index contributed by atoms with van der Waals surface area (Å²) in [5, 5.41) is 0.616. The molecule has 41 heavy (non-hydrogen) atoms. The lowest BCUT2D eigenvalue weighted by molar-refractivity contribution is 0.0985. The zero-order valence-corrected chi connectivity index (χ0v) is 24.7. The zero-order valence-electron chi connectivity index (χ0n) is 23.0. The predicted octanol–water partition coefficient (Wildman–Crippen LogP) is 7.01. The Morgan fingerprint density at radius 1 is 0.902 bits per heavy atom. The Morgan fingerprint density at radius 3 is 2.34 bits per heavy atom. The first-order valence-electron chi connectivity index (χ1n) is 13.7. The van der Waals surface area contributed by atoms with Crippen molar-refractivity contribution in [2.75, 3.05) is 11.4 Å². The maximum atomic E-state index is 14.0. The molecule has 2 heterocycles. The van der Waals surface area contributed by atoms with E-state index in [1.54, 1.807) is 29.2 Å². The number of aromatic nitrogens is 1. The highest BCUT2D eigenvalue weighted by molar-refractivity contribution is 7.89. The van der Waals surface area contributed by atoms with Crippen LogP contribution < -0.4 is 4.90 Å². The monoisotopic (exact) mass is 581 g/mol. The molecule has 0 bridgehead atoms. The number of hydrogen-bond acceptors (Lipinski definition) is 5. The van der Waals surface area contributed by atoms with Gasteiger partial charge >= 0.3 is 0 Å². The minimum absolute atomic E-state index is 0.185. The van der Waals surface area contributed by atoms with Crippen LogP contribution in [0.1, 0.15) is 52.4 Å². The normalized spacial score (nSPS) is 13.8. The molecule has 6 rings (SSSR count). The topological polar surface area (TPSA) is 70.6 Å². The lowest BCUT2D eigenvalue weighted by Crippen LogP contribution is -2.36. The molecule has 1 aliphatic rings. The first kappa shape index (κ1) is 27.3. The van der Waals surface area contributed by atoms with E-state index in [9.17, 15) is 13.2 Å². The number of amides is 1. The maximum Gasteiger partial charge on any atom is 0.260 e. The van der Waals surface area contributed by atoms with Crippen LogP contribution in [0, 0.1) is 0 Å². The molecule has 5 aromatic rings. The minimum Gasteiger partial charge on any atom is -0.279 e. The predicted molar refractivity (Wildman–Crippen MR) is 165 cm³/mol. The summed E-state index contributed by atoms with van der Waals surface area (Å²) >= 11 is 1.49. The quantitative estimate of drug-likeness (QED) is 0.207. The van der Waals surface area contributed by atoms with Gasteiger partial charge in [0.05, 0.1) is 21.7 Å². The van der Waals surface area contributed by atoms with Crippen molar-refractivity contribution in [2.24, 2.45) is 0 Å². The molecular formula is C33H31N3O3S2. The molecule has 4 aromatic carbocycles. The van der Waals surface area contributed by atoms with E-state index >= 15 is 0 Å². The van der Waals surface area contributed by atoms with Gasteiger partial charge in [-0.3, -0.25) is 9.69 Å².